The molecule has 0 bridgehead atoms. The number of nitrogens with two attached hydrogens (primary N) is 1. The van der Waals surface area contributed by atoms with E-state index >= 15 is 0 Å². The average Bonchev–Trinajstić information content (AvgIpc) is 2.85. The van der Waals surface area contributed by atoms with Gasteiger partial charge in [-0.25, -0.2) is 4.98 Å². The number of nitrogens with zero attached hydrogens (tertiary/aromatic N) is 3. The van der Waals surface area contributed by atoms with E-state index in [2.05, 4.69) is 9.97 Å². The maximum absolute atomic E-state index is 5.88. The third-order valence-electron chi connectivity index (χ3n) is 2.95. The number of nitrogen functional groups attached to an aromatic ring is 1. The SMILES string of the molecule is CN(Cc1ccc2c(c1)OCO2)c1cc(Cl)nc(N)n1. The van der Waals surface area contributed by atoms with E-state index in [4.69, 9.17) is 26.8 Å². The molecule has 104 valence electrons. The van der Waals surface area contributed by atoms with Crippen LogP contribution in [0.25, 0.3) is 0 Å². The summed E-state index contributed by atoms with van der Waals surface area (Å²) in [4.78, 5) is 9.93. The fourth-order valence-corrected chi connectivity index (χ4v) is 2.20. The van der Waals surface area contributed by atoms with Crippen molar-refractivity contribution in [1.82, 2.24) is 9.97 Å². The molecule has 0 atom stereocenters. The van der Waals surface area contributed by atoms with E-state index in [0.717, 1.165) is 17.1 Å². The highest BCUT2D eigenvalue weighted by Crippen LogP contribution is 2.33. The molecule has 1 aliphatic rings. The molecule has 0 saturated heterocycles. The highest BCUT2D eigenvalue weighted by Gasteiger charge is 2.14. The predicted molar refractivity (Wildman–Crippen MR) is 76.1 cm³/mol. The molecule has 0 aliphatic carbocycles. The van der Waals surface area contributed by atoms with Crippen molar-refractivity contribution >= 4 is 23.4 Å². The van der Waals surface area contributed by atoms with Crippen molar-refractivity contribution in [3.63, 3.8) is 0 Å². The van der Waals surface area contributed by atoms with Crippen molar-refractivity contribution in [3.8, 4) is 11.5 Å². The van der Waals surface area contributed by atoms with Crippen LogP contribution in [0.2, 0.25) is 5.15 Å². The van der Waals surface area contributed by atoms with E-state index < -0.39 is 0 Å². The zero-order chi connectivity index (χ0) is 14.1. The van der Waals surface area contributed by atoms with Crippen molar-refractivity contribution in [2.75, 3.05) is 24.5 Å². The van der Waals surface area contributed by atoms with E-state index in [-0.39, 0.29) is 12.7 Å². The molecule has 1 aliphatic heterocycles. The van der Waals surface area contributed by atoms with Gasteiger partial charge in [0.2, 0.25) is 12.7 Å². The summed E-state index contributed by atoms with van der Waals surface area (Å²) in [5, 5.41) is 0.324. The van der Waals surface area contributed by atoms with Crippen molar-refractivity contribution in [2.45, 2.75) is 6.54 Å². The van der Waals surface area contributed by atoms with Crippen LogP contribution in [0, 0.1) is 0 Å². The molecule has 0 amide bonds. The number of benzene rings is 1. The number of hydrogen-bond acceptors (Lipinski definition) is 6. The molecule has 0 spiro atoms. The minimum absolute atomic E-state index is 0.157. The van der Waals surface area contributed by atoms with Gasteiger partial charge in [-0.15, -0.1) is 0 Å². The Hall–Kier alpha value is -2.21. The lowest BCUT2D eigenvalue weighted by atomic mass is 10.2. The van der Waals surface area contributed by atoms with Crippen LogP contribution in [-0.4, -0.2) is 23.8 Å². The van der Waals surface area contributed by atoms with Gasteiger partial charge in [0.05, 0.1) is 0 Å². The summed E-state index contributed by atoms with van der Waals surface area (Å²) in [7, 11) is 1.91. The second-order valence-electron chi connectivity index (χ2n) is 4.45. The van der Waals surface area contributed by atoms with Crippen LogP contribution in [0.3, 0.4) is 0 Å². The Bertz CT molecular complexity index is 630. The lowest BCUT2D eigenvalue weighted by Crippen LogP contribution is -2.18. The topological polar surface area (TPSA) is 73.5 Å². The molecule has 0 fully saturated rings. The standard InChI is InChI=1S/C13H13ClN4O2/c1-18(12-5-11(14)16-13(15)17-12)6-8-2-3-9-10(4-8)20-7-19-9/h2-5H,6-7H2,1H3,(H2,15,16,17). The van der Waals surface area contributed by atoms with Gasteiger partial charge in [0.1, 0.15) is 11.0 Å². The Balaban J connectivity index is 1.80. The van der Waals surface area contributed by atoms with Gasteiger partial charge < -0.3 is 20.1 Å². The molecule has 0 unspecified atom stereocenters. The van der Waals surface area contributed by atoms with Crippen LogP contribution in [0.4, 0.5) is 11.8 Å². The maximum Gasteiger partial charge on any atom is 0.231 e. The normalized spacial score (nSPS) is 12.5. The van der Waals surface area contributed by atoms with Crippen LogP contribution in [-0.2, 0) is 6.54 Å². The van der Waals surface area contributed by atoms with Gasteiger partial charge in [0.25, 0.3) is 0 Å². The Labute approximate surface area is 121 Å². The Morgan fingerprint density at radius 2 is 2.05 bits per heavy atom. The highest BCUT2D eigenvalue weighted by molar-refractivity contribution is 6.29. The van der Waals surface area contributed by atoms with Crippen molar-refractivity contribution in [2.24, 2.45) is 0 Å². The number of aromatic nitrogens is 2. The van der Waals surface area contributed by atoms with Crippen LogP contribution < -0.4 is 20.1 Å². The second-order valence-corrected chi connectivity index (χ2v) is 4.84. The van der Waals surface area contributed by atoms with Gasteiger partial charge in [-0.3, -0.25) is 0 Å². The van der Waals surface area contributed by atoms with E-state index in [1.165, 1.54) is 0 Å². The first-order chi connectivity index (χ1) is 9.61. The number of anilines is 2. The Kier molecular flexibility index (Phi) is 3.23. The monoisotopic (exact) mass is 292 g/mol. The molecular weight excluding hydrogens is 280 g/mol. The molecule has 3 rings (SSSR count). The van der Waals surface area contributed by atoms with Gasteiger partial charge >= 0.3 is 0 Å². The fourth-order valence-electron chi connectivity index (χ4n) is 2.01. The van der Waals surface area contributed by atoms with Crippen molar-refractivity contribution in [1.29, 1.82) is 0 Å². The van der Waals surface area contributed by atoms with Crippen LogP contribution in [0.15, 0.2) is 24.3 Å². The molecule has 0 saturated carbocycles. The summed E-state index contributed by atoms with van der Waals surface area (Å²) in [6.45, 7) is 0.913. The summed E-state index contributed by atoms with van der Waals surface area (Å²) in [5.74, 6) is 2.35. The van der Waals surface area contributed by atoms with Crippen LogP contribution in [0.5, 0.6) is 11.5 Å². The lowest BCUT2D eigenvalue weighted by Gasteiger charge is -2.18. The van der Waals surface area contributed by atoms with Gasteiger partial charge in [-0.05, 0) is 17.7 Å². The number of fused-ring (bicyclic) bond motifs is 1. The first-order valence-electron chi connectivity index (χ1n) is 6.01. The van der Waals surface area contributed by atoms with Crippen molar-refractivity contribution in [3.05, 3.63) is 35.0 Å². The fraction of sp³-hybridized carbons (Fsp3) is 0.231. The van der Waals surface area contributed by atoms with Crippen molar-refractivity contribution < 1.29 is 9.47 Å². The maximum atomic E-state index is 5.88. The third kappa shape index (κ3) is 2.55. The van der Waals surface area contributed by atoms with Gasteiger partial charge in [0.15, 0.2) is 11.5 Å². The smallest absolute Gasteiger partial charge is 0.231 e. The Morgan fingerprint density at radius 3 is 2.85 bits per heavy atom. The molecule has 6 nitrogen and oxygen atoms in total. The molecular formula is C13H13ClN4O2. The quantitative estimate of drug-likeness (QED) is 0.873. The van der Waals surface area contributed by atoms with E-state index in [9.17, 15) is 0 Å². The van der Waals surface area contributed by atoms with Crippen LogP contribution in [0.1, 0.15) is 5.56 Å². The Morgan fingerprint density at radius 1 is 1.25 bits per heavy atom. The third-order valence-corrected chi connectivity index (χ3v) is 3.14. The summed E-state index contributed by atoms with van der Waals surface area (Å²) in [6.07, 6.45) is 0. The van der Waals surface area contributed by atoms with Gasteiger partial charge in [0, 0.05) is 19.7 Å². The number of halogens is 1. The highest BCUT2D eigenvalue weighted by atomic mass is 35.5. The zero-order valence-electron chi connectivity index (χ0n) is 10.8. The summed E-state index contributed by atoms with van der Waals surface area (Å²) < 4.78 is 10.6. The van der Waals surface area contributed by atoms with Gasteiger partial charge in [-0.2, -0.15) is 4.98 Å². The minimum atomic E-state index is 0.157. The summed E-state index contributed by atoms with van der Waals surface area (Å²) >= 11 is 5.88. The molecule has 7 heteroatoms. The molecule has 1 aromatic heterocycles. The molecule has 2 aromatic rings. The van der Waals surface area contributed by atoms with Gasteiger partial charge in [-0.1, -0.05) is 17.7 Å². The number of rotatable bonds is 3. The molecule has 2 N–H and O–H groups in total. The molecule has 1 aromatic carbocycles. The largest absolute Gasteiger partial charge is 0.454 e. The molecule has 2 heterocycles. The average molecular weight is 293 g/mol. The van der Waals surface area contributed by atoms with Crippen LogP contribution >= 0.6 is 11.6 Å². The first-order valence-corrected chi connectivity index (χ1v) is 6.39. The second kappa shape index (κ2) is 5.05. The van der Waals surface area contributed by atoms with E-state index in [1.54, 1.807) is 6.07 Å². The lowest BCUT2D eigenvalue weighted by molar-refractivity contribution is 0.174. The molecule has 0 radical (unpaired) electrons. The number of ether oxygens (including phenoxy) is 2. The predicted octanol–water partition coefficient (Wildman–Crippen LogP) is 2.08. The van der Waals surface area contributed by atoms with E-state index in [0.29, 0.717) is 17.5 Å². The minimum Gasteiger partial charge on any atom is -0.454 e. The zero-order valence-corrected chi connectivity index (χ0v) is 11.6. The number of hydrogen-bond donors (Lipinski definition) is 1. The summed E-state index contributed by atoms with van der Waals surface area (Å²) in [6, 6.07) is 7.50. The van der Waals surface area contributed by atoms with E-state index in [1.807, 2.05) is 30.1 Å². The summed E-state index contributed by atoms with van der Waals surface area (Å²) in [5.41, 5.74) is 6.67. The first kappa shape index (κ1) is 12.8. The molecule has 20 heavy (non-hydrogen) atoms.